The molecule has 0 bridgehead atoms. The number of ketones is 1. The van der Waals surface area contributed by atoms with Gasteiger partial charge in [-0.05, 0) is 37.2 Å². The zero-order valence-electron chi connectivity index (χ0n) is 11.9. The average Bonchev–Trinajstić information content (AvgIpc) is 3.16. The number of carbonyl (C=O) groups is 1. The van der Waals surface area contributed by atoms with Crippen LogP contribution in [-0.2, 0) is 0 Å². The standard InChI is InChI=1S/C15H18N4O2/c1-21-12-4-2-11(3-5-12)19-15(16)13(9-18-19)14(20)10-6-7-17-8-10/h2-5,9-10,17H,6-8,16H2,1H3/t10-/m0/s1. The quantitative estimate of drug-likeness (QED) is 0.827. The number of hydrogen-bond donors (Lipinski definition) is 2. The number of benzene rings is 1. The van der Waals surface area contributed by atoms with Crippen molar-refractivity contribution < 1.29 is 9.53 Å². The molecule has 1 aliphatic heterocycles. The van der Waals surface area contributed by atoms with Gasteiger partial charge in [0.15, 0.2) is 5.78 Å². The Morgan fingerprint density at radius 1 is 1.43 bits per heavy atom. The normalized spacial score (nSPS) is 17.9. The lowest BCUT2D eigenvalue weighted by Crippen LogP contribution is -2.18. The first-order chi connectivity index (χ1) is 10.2. The van der Waals surface area contributed by atoms with E-state index in [0.29, 0.717) is 17.9 Å². The minimum absolute atomic E-state index is 0.000757. The smallest absolute Gasteiger partial charge is 0.172 e. The highest BCUT2D eigenvalue weighted by Gasteiger charge is 2.27. The number of nitrogens with one attached hydrogen (secondary N) is 1. The van der Waals surface area contributed by atoms with Crippen LogP contribution >= 0.6 is 0 Å². The van der Waals surface area contributed by atoms with E-state index in [1.165, 1.54) is 0 Å². The maximum Gasteiger partial charge on any atom is 0.172 e. The predicted octanol–water partition coefficient (Wildman–Crippen LogP) is 1.26. The number of aromatic nitrogens is 2. The van der Waals surface area contributed by atoms with Gasteiger partial charge in [-0.3, -0.25) is 4.79 Å². The van der Waals surface area contributed by atoms with E-state index in [-0.39, 0.29) is 11.7 Å². The van der Waals surface area contributed by atoms with Gasteiger partial charge >= 0.3 is 0 Å². The van der Waals surface area contributed by atoms with Crippen molar-refractivity contribution in [3.63, 3.8) is 0 Å². The van der Waals surface area contributed by atoms with Crippen LogP contribution in [0, 0.1) is 5.92 Å². The van der Waals surface area contributed by atoms with Crippen LogP contribution in [0.2, 0.25) is 0 Å². The van der Waals surface area contributed by atoms with E-state index >= 15 is 0 Å². The lowest BCUT2D eigenvalue weighted by molar-refractivity contribution is 0.0931. The Kier molecular flexibility index (Phi) is 3.62. The molecule has 0 aliphatic carbocycles. The fourth-order valence-electron chi connectivity index (χ4n) is 2.58. The van der Waals surface area contributed by atoms with E-state index in [1.54, 1.807) is 18.0 Å². The number of hydrogen-bond acceptors (Lipinski definition) is 5. The maximum absolute atomic E-state index is 12.4. The summed E-state index contributed by atoms with van der Waals surface area (Å²) in [4.78, 5) is 12.4. The molecule has 6 nitrogen and oxygen atoms in total. The second-order valence-corrected chi connectivity index (χ2v) is 5.11. The van der Waals surface area contributed by atoms with E-state index in [2.05, 4.69) is 10.4 Å². The molecule has 0 unspecified atom stereocenters. The largest absolute Gasteiger partial charge is 0.497 e. The summed E-state index contributed by atoms with van der Waals surface area (Å²) in [6.45, 7) is 1.59. The minimum atomic E-state index is 0.000757. The summed E-state index contributed by atoms with van der Waals surface area (Å²) in [6, 6.07) is 7.37. The van der Waals surface area contributed by atoms with Gasteiger partial charge in [0.05, 0.1) is 24.6 Å². The van der Waals surface area contributed by atoms with Crippen molar-refractivity contribution in [3.8, 4) is 11.4 Å². The van der Waals surface area contributed by atoms with Gasteiger partial charge in [0, 0.05) is 12.5 Å². The summed E-state index contributed by atoms with van der Waals surface area (Å²) >= 11 is 0. The van der Waals surface area contributed by atoms with E-state index in [4.69, 9.17) is 10.5 Å². The van der Waals surface area contributed by atoms with Crippen molar-refractivity contribution in [2.75, 3.05) is 25.9 Å². The highest BCUT2D eigenvalue weighted by Crippen LogP contribution is 2.23. The Morgan fingerprint density at radius 2 is 2.19 bits per heavy atom. The summed E-state index contributed by atoms with van der Waals surface area (Å²) in [7, 11) is 1.61. The van der Waals surface area contributed by atoms with Gasteiger partial charge in [-0.2, -0.15) is 5.10 Å². The molecule has 1 atom stereocenters. The Labute approximate surface area is 122 Å². The van der Waals surface area contributed by atoms with Gasteiger partial charge in [-0.25, -0.2) is 4.68 Å². The van der Waals surface area contributed by atoms with Crippen LogP contribution < -0.4 is 15.8 Å². The third-order valence-electron chi connectivity index (χ3n) is 3.82. The summed E-state index contributed by atoms with van der Waals surface area (Å²) < 4.78 is 6.70. The van der Waals surface area contributed by atoms with Gasteiger partial charge in [-0.1, -0.05) is 0 Å². The zero-order valence-corrected chi connectivity index (χ0v) is 11.9. The molecule has 0 radical (unpaired) electrons. The van der Waals surface area contributed by atoms with Gasteiger partial charge in [-0.15, -0.1) is 0 Å². The first-order valence-electron chi connectivity index (χ1n) is 6.93. The van der Waals surface area contributed by atoms with Crippen molar-refractivity contribution in [1.82, 2.24) is 15.1 Å². The lowest BCUT2D eigenvalue weighted by atomic mass is 9.99. The van der Waals surface area contributed by atoms with Crippen LogP contribution in [0.25, 0.3) is 5.69 Å². The SMILES string of the molecule is COc1ccc(-n2ncc(C(=O)[C@H]3CCNC3)c2N)cc1. The fraction of sp³-hybridized carbons (Fsp3) is 0.333. The molecule has 0 saturated carbocycles. The molecule has 110 valence electrons. The molecule has 1 fully saturated rings. The summed E-state index contributed by atoms with van der Waals surface area (Å²) in [5, 5.41) is 7.43. The molecule has 6 heteroatoms. The Hall–Kier alpha value is -2.34. The molecule has 21 heavy (non-hydrogen) atoms. The number of rotatable bonds is 4. The van der Waals surface area contributed by atoms with Gasteiger partial charge < -0.3 is 15.8 Å². The van der Waals surface area contributed by atoms with Crippen LogP contribution in [0.5, 0.6) is 5.75 Å². The highest BCUT2D eigenvalue weighted by molar-refractivity contribution is 6.02. The van der Waals surface area contributed by atoms with Crippen LogP contribution in [0.15, 0.2) is 30.5 Å². The van der Waals surface area contributed by atoms with Gasteiger partial charge in [0.2, 0.25) is 0 Å². The Morgan fingerprint density at radius 3 is 2.81 bits per heavy atom. The lowest BCUT2D eigenvalue weighted by Gasteiger charge is -2.08. The number of nitrogen functional groups attached to an aromatic ring is 1. The van der Waals surface area contributed by atoms with Crippen LogP contribution in [0.1, 0.15) is 16.8 Å². The Bertz CT molecular complexity index is 642. The number of carbonyl (C=O) groups excluding carboxylic acids is 1. The molecule has 2 heterocycles. The predicted molar refractivity (Wildman–Crippen MR) is 79.8 cm³/mol. The number of nitrogens with two attached hydrogens (primary N) is 1. The number of nitrogens with zero attached hydrogens (tertiary/aromatic N) is 2. The topological polar surface area (TPSA) is 82.2 Å². The minimum Gasteiger partial charge on any atom is -0.497 e. The zero-order chi connectivity index (χ0) is 14.8. The van der Waals surface area contributed by atoms with E-state index in [9.17, 15) is 4.79 Å². The molecule has 1 aliphatic rings. The molecule has 1 aromatic heterocycles. The monoisotopic (exact) mass is 286 g/mol. The first kappa shape index (κ1) is 13.6. The van der Waals surface area contributed by atoms with Crippen molar-refractivity contribution >= 4 is 11.6 Å². The molecule has 2 aromatic rings. The summed E-state index contributed by atoms with van der Waals surface area (Å²) in [5.74, 6) is 1.22. The second kappa shape index (κ2) is 5.57. The second-order valence-electron chi connectivity index (χ2n) is 5.11. The molecule has 3 rings (SSSR count). The molecule has 0 amide bonds. The molecule has 1 saturated heterocycles. The van der Waals surface area contributed by atoms with Crippen molar-refractivity contribution in [2.45, 2.75) is 6.42 Å². The fourth-order valence-corrected chi connectivity index (χ4v) is 2.58. The Balaban J connectivity index is 1.89. The molecule has 3 N–H and O–H groups in total. The van der Waals surface area contributed by atoms with Crippen LogP contribution in [0.4, 0.5) is 5.82 Å². The van der Waals surface area contributed by atoms with Crippen LogP contribution in [-0.4, -0.2) is 35.8 Å². The molecular formula is C15H18N4O2. The van der Waals surface area contributed by atoms with E-state index in [1.807, 2.05) is 24.3 Å². The third kappa shape index (κ3) is 2.50. The van der Waals surface area contributed by atoms with Crippen molar-refractivity contribution in [2.24, 2.45) is 5.92 Å². The third-order valence-corrected chi connectivity index (χ3v) is 3.82. The average molecular weight is 286 g/mol. The van der Waals surface area contributed by atoms with Crippen molar-refractivity contribution in [1.29, 1.82) is 0 Å². The van der Waals surface area contributed by atoms with Gasteiger partial charge in [0.25, 0.3) is 0 Å². The summed E-state index contributed by atoms with van der Waals surface area (Å²) in [5.41, 5.74) is 7.40. The number of ether oxygens (including phenoxy) is 1. The maximum atomic E-state index is 12.4. The summed E-state index contributed by atoms with van der Waals surface area (Å²) in [6.07, 6.45) is 2.41. The van der Waals surface area contributed by atoms with E-state index in [0.717, 1.165) is 24.4 Å². The number of Topliss-reactive ketones (excluding diaryl/α,β-unsaturated/α-hetero) is 1. The molecule has 1 aromatic carbocycles. The van der Waals surface area contributed by atoms with E-state index < -0.39 is 0 Å². The van der Waals surface area contributed by atoms with Gasteiger partial charge in [0.1, 0.15) is 11.6 Å². The van der Waals surface area contributed by atoms with Crippen molar-refractivity contribution in [3.05, 3.63) is 36.0 Å². The highest BCUT2D eigenvalue weighted by atomic mass is 16.5. The molecular weight excluding hydrogens is 268 g/mol. The number of anilines is 1. The number of methoxy groups -OCH3 is 1. The molecule has 0 spiro atoms. The van der Waals surface area contributed by atoms with Crippen LogP contribution in [0.3, 0.4) is 0 Å². The first-order valence-corrected chi connectivity index (χ1v) is 6.93.